The molecule has 0 bridgehead atoms. The van der Waals surface area contributed by atoms with Crippen LogP contribution in [0.2, 0.25) is 0 Å². The normalized spacial score (nSPS) is 10.1. The minimum Gasteiger partial charge on any atom is -0.481 e. The third kappa shape index (κ3) is 2.99. The number of anilines is 1. The topological polar surface area (TPSA) is 53.4 Å². The molecule has 0 atom stereocenters. The molecule has 1 rings (SSSR count). The number of nitrogens with zero attached hydrogens (tertiary/aromatic N) is 2. The van der Waals surface area contributed by atoms with Crippen LogP contribution >= 0.6 is 11.3 Å². The van der Waals surface area contributed by atoms with Crippen molar-refractivity contribution in [3.05, 3.63) is 11.1 Å². The third-order valence-corrected chi connectivity index (χ3v) is 2.89. The van der Waals surface area contributed by atoms with E-state index in [4.69, 9.17) is 5.11 Å². The molecule has 0 fully saturated rings. The van der Waals surface area contributed by atoms with Crippen LogP contribution in [0.1, 0.15) is 19.0 Å². The Kier molecular flexibility index (Phi) is 3.88. The van der Waals surface area contributed by atoms with Gasteiger partial charge in [-0.05, 0) is 6.42 Å². The molecule has 0 amide bonds. The third-order valence-electron chi connectivity index (χ3n) is 1.89. The second-order valence-corrected chi connectivity index (χ2v) is 3.88. The van der Waals surface area contributed by atoms with E-state index < -0.39 is 5.97 Å². The maximum atomic E-state index is 10.4. The molecule has 4 nitrogen and oxygen atoms in total. The zero-order valence-corrected chi connectivity index (χ0v) is 9.17. The van der Waals surface area contributed by atoms with E-state index in [1.54, 1.807) is 11.3 Å². The van der Waals surface area contributed by atoms with Crippen molar-refractivity contribution in [2.45, 2.75) is 19.8 Å². The molecule has 0 saturated heterocycles. The lowest BCUT2D eigenvalue weighted by Crippen LogP contribution is -2.20. The first-order valence-electron chi connectivity index (χ1n) is 4.50. The van der Waals surface area contributed by atoms with Crippen molar-refractivity contribution >= 4 is 22.4 Å². The summed E-state index contributed by atoms with van der Waals surface area (Å²) < 4.78 is 0. The Morgan fingerprint density at radius 3 is 2.93 bits per heavy atom. The van der Waals surface area contributed by atoms with Gasteiger partial charge in [0.15, 0.2) is 5.13 Å². The van der Waals surface area contributed by atoms with Gasteiger partial charge in [-0.3, -0.25) is 4.79 Å². The molecular weight excluding hydrogens is 200 g/mol. The Morgan fingerprint density at radius 1 is 1.71 bits per heavy atom. The number of rotatable bonds is 5. The van der Waals surface area contributed by atoms with Crippen LogP contribution in [-0.2, 0) is 11.2 Å². The van der Waals surface area contributed by atoms with Gasteiger partial charge in [0.2, 0.25) is 0 Å². The number of hydrogen-bond acceptors (Lipinski definition) is 4. The minimum absolute atomic E-state index is 0.150. The minimum atomic E-state index is -0.774. The van der Waals surface area contributed by atoms with Crippen LogP contribution in [-0.4, -0.2) is 29.7 Å². The summed E-state index contributed by atoms with van der Waals surface area (Å²) in [4.78, 5) is 16.6. The summed E-state index contributed by atoms with van der Waals surface area (Å²) in [6.07, 6.45) is 1.07. The number of aryl methyl sites for hydroxylation is 1. The predicted molar refractivity (Wildman–Crippen MR) is 57.0 cm³/mol. The molecule has 0 radical (unpaired) electrons. The quantitative estimate of drug-likeness (QED) is 0.809. The predicted octanol–water partition coefficient (Wildman–Crippen LogP) is 1.62. The van der Waals surface area contributed by atoms with E-state index in [0.717, 1.165) is 17.2 Å². The van der Waals surface area contributed by atoms with Crippen LogP contribution in [0.25, 0.3) is 0 Å². The molecule has 0 spiro atoms. The van der Waals surface area contributed by atoms with Crippen molar-refractivity contribution in [3.8, 4) is 0 Å². The van der Waals surface area contributed by atoms with E-state index in [-0.39, 0.29) is 6.42 Å². The summed E-state index contributed by atoms with van der Waals surface area (Å²) in [5, 5.41) is 11.4. The Hall–Kier alpha value is -1.10. The maximum absolute atomic E-state index is 10.4. The van der Waals surface area contributed by atoms with Crippen LogP contribution < -0.4 is 4.90 Å². The fourth-order valence-corrected chi connectivity index (χ4v) is 1.89. The fraction of sp³-hybridized carbons (Fsp3) is 0.556. The van der Waals surface area contributed by atoms with Crippen LogP contribution in [0.5, 0.6) is 0 Å². The fourth-order valence-electron chi connectivity index (χ4n) is 0.993. The van der Waals surface area contributed by atoms with Crippen molar-refractivity contribution < 1.29 is 9.90 Å². The van der Waals surface area contributed by atoms with E-state index in [1.807, 2.05) is 17.3 Å². The van der Waals surface area contributed by atoms with E-state index in [0.29, 0.717) is 6.54 Å². The number of carboxylic acids is 1. The number of carboxylic acid groups (broad SMARTS) is 1. The number of carbonyl (C=O) groups is 1. The summed E-state index contributed by atoms with van der Waals surface area (Å²) in [6.45, 7) is 2.56. The molecule has 1 heterocycles. The molecule has 1 aromatic rings. The van der Waals surface area contributed by atoms with Gasteiger partial charge in [-0.2, -0.15) is 0 Å². The molecule has 0 aliphatic heterocycles. The summed E-state index contributed by atoms with van der Waals surface area (Å²) in [7, 11) is 1.86. The molecule has 0 aromatic carbocycles. The van der Waals surface area contributed by atoms with Crippen LogP contribution in [0, 0.1) is 0 Å². The average molecular weight is 214 g/mol. The van der Waals surface area contributed by atoms with Gasteiger partial charge in [0.25, 0.3) is 0 Å². The zero-order chi connectivity index (χ0) is 10.6. The molecule has 1 aromatic heterocycles. The highest BCUT2D eigenvalue weighted by Crippen LogP contribution is 2.19. The highest BCUT2D eigenvalue weighted by Gasteiger charge is 2.07. The average Bonchev–Trinajstić information content (AvgIpc) is 2.62. The molecule has 0 unspecified atom stereocenters. The first kappa shape index (κ1) is 11.0. The summed E-state index contributed by atoms with van der Waals surface area (Å²) in [5.74, 6) is -0.774. The molecule has 1 N–H and O–H groups in total. The monoisotopic (exact) mass is 214 g/mol. The van der Waals surface area contributed by atoms with Crippen LogP contribution in [0.15, 0.2) is 5.38 Å². The molecule has 0 aliphatic carbocycles. The van der Waals surface area contributed by atoms with Gasteiger partial charge < -0.3 is 10.0 Å². The highest BCUT2D eigenvalue weighted by molar-refractivity contribution is 7.13. The molecule has 0 saturated carbocycles. The molecular formula is C9H14N2O2S. The van der Waals surface area contributed by atoms with Crippen molar-refractivity contribution in [1.82, 2.24) is 4.98 Å². The van der Waals surface area contributed by atoms with Crippen molar-refractivity contribution in [3.63, 3.8) is 0 Å². The Labute approximate surface area is 87.2 Å². The number of thiazole rings is 1. The van der Waals surface area contributed by atoms with Crippen molar-refractivity contribution in [2.75, 3.05) is 18.5 Å². The summed E-state index contributed by atoms with van der Waals surface area (Å²) in [5.41, 5.74) is 1.06. The van der Waals surface area contributed by atoms with E-state index in [2.05, 4.69) is 11.9 Å². The van der Waals surface area contributed by atoms with Gasteiger partial charge in [-0.1, -0.05) is 6.92 Å². The summed E-state index contributed by atoms with van der Waals surface area (Å²) in [6, 6.07) is 0. The van der Waals surface area contributed by atoms with Gasteiger partial charge in [-0.15, -0.1) is 11.3 Å². The zero-order valence-electron chi connectivity index (χ0n) is 8.36. The maximum Gasteiger partial charge on any atom is 0.305 e. The van der Waals surface area contributed by atoms with Crippen molar-refractivity contribution in [1.29, 1.82) is 0 Å². The molecule has 0 aliphatic rings. The second kappa shape index (κ2) is 4.95. The Balaban J connectivity index is 2.51. The highest BCUT2D eigenvalue weighted by atomic mass is 32.1. The smallest absolute Gasteiger partial charge is 0.305 e. The lowest BCUT2D eigenvalue weighted by molar-refractivity contribution is -0.136. The summed E-state index contributed by atoms with van der Waals surface area (Å²) >= 11 is 1.56. The largest absolute Gasteiger partial charge is 0.481 e. The first-order chi connectivity index (χ1) is 6.63. The lowest BCUT2D eigenvalue weighted by atomic mass is 10.4. The number of aliphatic carboxylic acids is 1. The van der Waals surface area contributed by atoms with Gasteiger partial charge in [0, 0.05) is 19.0 Å². The SMILES string of the molecule is CCc1csc(N(C)CCC(=O)O)n1. The number of aromatic nitrogens is 1. The van der Waals surface area contributed by atoms with Crippen molar-refractivity contribution in [2.24, 2.45) is 0 Å². The van der Waals surface area contributed by atoms with Gasteiger partial charge in [0.05, 0.1) is 12.1 Å². The van der Waals surface area contributed by atoms with Gasteiger partial charge in [0.1, 0.15) is 0 Å². The molecule has 14 heavy (non-hydrogen) atoms. The lowest BCUT2D eigenvalue weighted by Gasteiger charge is -2.13. The van der Waals surface area contributed by atoms with E-state index >= 15 is 0 Å². The molecule has 5 heteroatoms. The van der Waals surface area contributed by atoms with Gasteiger partial charge >= 0.3 is 5.97 Å². The molecule has 78 valence electrons. The van der Waals surface area contributed by atoms with Gasteiger partial charge in [-0.25, -0.2) is 4.98 Å². The second-order valence-electron chi connectivity index (χ2n) is 3.04. The Morgan fingerprint density at radius 2 is 2.43 bits per heavy atom. The van der Waals surface area contributed by atoms with Crippen LogP contribution in [0.3, 0.4) is 0 Å². The Bertz CT molecular complexity index is 312. The van der Waals surface area contributed by atoms with E-state index in [1.165, 1.54) is 0 Å². The van der Waals surface area contributed by atoms with E-state index in [9.17, 15) is 4.79 Å². The van der Waals surface area contributed by atoms with Crippen LogP contribution in [0.4, 0.5) is 5.13 Å². The number of hydrogen-bond donors (Lipinski definition) is 1. The first-order valence-corrected chi connectivity index (χ1v) is 5.38. The standard InChI is InChI=1S/C9H14N2O2S/c1-3-7-6-14-9(10-7)11(2)5-4-8(12)13/h6H,3-5H2,1-2H3,(H,12,13).